The Balaban J connectivity index is 2.30. The van der Waals surface area contributed by atoms with Gasteiger partial charge >= 0.3 is 5.76 Å². The number of carbonyl (C=O) groups is 1. The van der Waals surface area contributed by atoms with Crippen molar-refractivity contribution in [3.8, 4) is 11.4 Å². The zero-order chi connectivity index (χ0) is 14.5. The van der Waals surface area contributed by atoms with E-state index in [4.69, 9.17) is 0 Å². The number of amides is 1. The third kappa shape index (κ3) is 3.24. The molecule has 0 spiro atoms. The third-order valence-corrected chi connectivity index (χ3v) is 3.01. The molecule has 7 heteroatoms. The van der Waals surface area contributed by atoms with Crippen molar-refractivity contribution in [3.05, 3.63) is 51.9 Å². The summed E-state index contributed by atoms with van der Waals surface area (Å²) in [6.45, 7) is 3.69. The molecule has 0 bridgehead atoms. The second kappa shape index (κ2) is 6.33. The van der Waals surface area contributed by atoms with Crippen LogP contribution in [0, 0.1) is 0 Å². The Morgan fingerprint density at radius 3 is 3.05 bits per heavy atom. The van der Waals surface area contributed by atoms with E-state index < -0.39 is 5.76 Å². The highest BCUT2D eigenvalue weighted by Gasteiger charge is 2.15. The summed E-state index contributed by atoms with van der Waals surface area (Å²) in [4.78, 5) is 23.3. The van der Waals surface area contributed by atoms with Crippen LogP contribution in [0.3, 0.4) is 0 Å². The molecule has 104 valence electrons. The molecule has 2 rings (SSSR count). The van der Waals surface area contributed by atoms with Gasteiger partial charge in [0.2, 0.25) is 5.91 Å². The molecular weight excluding hydrogens is 326 g/mol. The van der Waals surface area contributed by atoms with Crippen molar-refractivity contribution in [2.75, 3.05) is 6.54 Å². The Morgan fingerprint density at radius 2 is 2.35 bits per heavy atom. The van der Waals surface area contributed by atoms with E-state index in [-0.39, 0.29) is 12.5 Å². The van der Waals surface area contributed by atoms with Crippen molar-refractivity contribution in [2.45, 2.75) is 6.54 Å². The molecule has 0 saturated carbocycles. The summed E-state index contributed by atoms with van der Waals surface area (Å²) in [6, 6.07) is 7.22. The van der Waals surface area contributed by atoms with Crippen LogP contribution in [0.5, 0.6) is 0 Å². The molecule has 0 fully saturated rings. The molecule has 0 atom stereocenters. The molecule has 2 aromatic rings. The van der Waals surface area contributed by atoms with Gasteiger partial charge in [-0.05, 0) is 12.1 Å². The summed E-state index contributed by atoms with van der Waals surface area (Å²) >= 11 is 3.34. The van der Waals surface area contributed by atoms with E-state index >= 15 is 0 Å². The SMILES string of the molecule is C=CCNC(=O)Cn1c(-c2cccc(Br)c2)noc1=O. The minimum Gasteiger partial charge on any atom is -0.351 e. The highest BCUT2D eigenvalue weighted by molar-refractivity contribution is 9.10. The van der Waals surface area contributed by atoms with Gasteiger partial charge in [-0.2, -0.15) is 0 Å². The Bertz CT molecular complexity index is 690. The molecule has 1 heterocycles. The van der Waals surface area contributed by atoms with Crippen LogP contribution in [0.2, 0.25) is 0 Å². The molecule has 1 N–H and O–H groups in total. The molecule has 0 saturated heterocycles. The molecule has 1 aromatic carbocycles. The van der Waals surface area contributed by atoms with Gasteiger partial charge in [-0.15, -0.1) is 6.58 Å². The van der Waals surface area contributed by atoms with E-state index in [0.29, 0.717) is 17.9 Å². The Labute approximate surface area is 123 Å². The van der Waals surface area contributed by atoms with E-state index in [1.54, 1.807) is 24.3 Å². The highest BCUT2D eigenvalue weighted by Crippen LogP contribution is 2.20. The van der Waals surface area contributed by atoms with E-state index in [1.807, 2.05) is 6.07 Å². The van der Waals surface area contributed by atoms with E-state index in [1.165, 1.54) is 4.57 Å². The fraction of sp³-hybridized carbons (Fsp3) is 0.154. The Hall–Kier alpha value is -2.15. The van der Waals surface area contributed by atoms with Crippen LogP contribution in [0.15, 0.2) is 50.7 Å². The largest absolute Gasteiger partial charge is 0.442 e. The van der Waals surface area contributed by atoms with Crippen molar-refractivity contribution in [2.24, 2.45) is 0 Å². The summed E-state index contributed by atoms with van der Waals surface area (Å²) in [5, 5.41) is 6.31. The lowest BCUT2D eigenvalue weighted by Crippen LogP contribution is -2.31. The Morgan fingerprint density at radius 1 is 1.55 bits per heavy atom. The summed E-state index contributed by atoms with van der Waals surface area (Å²) in [6.07, 6.45) is 1.56. The molecule has 0 aliphatic carbocycles. The average Bonchev–Trinajstić information content (AvgIpc) is 2.78. The van der Waals surface area contributed by atoms with Gasteiger partial charge in [0.25, 0.3) is 0 Å². The maximum atomic E-state index is 11.7. The van der Waals surface area contributed by atoms with Crippen molar-refractivity contribution >= 4 is 21.8 Å². The summed E-state index contributed by atoms with van der Waals surface area (Å²) in [5.74, 6) is -0.676. The smallest absolute Gasteiger partial charge is 0.351 e. The fourth-order valence-corrected chi connectivity index (χ4v) is 2.03. The normalized spacial score (nSPS) is 10.2. The molecule has 0 aliphatic rings. The number of halogens is 1. The number of nitrogens with zero attached hydrogens (tertiary/aromatic N) is 2. The first kappa shape index (κ1) is 14.3. The quantitative estimate of drug-likeness (QED) is 0.840. The zero-order valence-electron chi connectivity index (χ0n) is 10.5. The van der Waals surface area contributed by atoms with Crippen LogP contribution in [-0.4, -0.2) is 22.2 Å². The minimum atomic E-state index is -0.672. The number of benzene rings is 1. The number of rotatable bonds is 5. The van der Waals surface area contributed by atoms with Gasteiger partial charge in [0.15, 0.2) is 5.82 Å². The molecule has 0 aliphatic heterocycles. The lowest BCUT2D eigenvalue weighted by atomic mass is 10.2. The van der Waals surface area contributed by atoms with Crippen molar-refractivity contribution in [1.29, 1.82) is 0 Å². The van der Waals surface area contributed by atoms with Crippen LogP contribution in [0.25, 0.3) is 11.4 Å². The van der Waals surface area contributed by atoms with Gasteiger partial charge in [0.05, 0.1) is 0 Å². The van der Waals surface area contributed by atoms with Crippen LogP contribution in [0.4, 0.5) is 0 Å². The van der Waals surface area contributed by atoms with E-state index in [0.717, 1.165) is 4.47 Å². The number of hydrogen-bond donors (Lipinski definition) is 1. The predicted octanol–water partition coefficient (Wildman–Crippen LogP) is 1.57. The van der Waals surface area contributed by atoms with Crippen molar-refractivity contribution in [3.63, 3.8) is 0 Å². The average molecular weight is 338 g/mol. The molecule has 20 heavy (non-hydrogen) atoms. The minimum absolute atomic E-state index is 0.155. The number of hydrogen-bond acceptors (Lipinski definition) is 4. The van der Waals surface area contributed by atoms with Crippen LogP contribution in [-0.2, 0) is 11.3 Å². The van der Waals surface area contributed by atoms with Gasteiger partial charge in [-0.25, -0.2) is 9.36 Å². The second-order valence-corrected chi connectivity index (χ2v) is 4.88. The first-order valence-corrected chi connectivity index (χ1v) is 6.61. The second-order valence-electron chi connectivity index (χ2n) is 3.96. The first-order chi connectivity index (χ1) is 9.61. The molecule has 1 aromatic heterocycles. The van der Waals surface area contributed by atoms with E-state index in [9.17, 15) is 9.59 Å². The van der Waals surface area contributed by atoms with Crippen LogP contribution in [0.1, 0.15) is 0 Å². The van der Waals surface area contributed by atoms with Crippen LogP contribution < -0.4 is 11.1 Å². The Kier molecular flexibility index (Phi) is 4.52. The summed E-state index contributed by atoms with van der Waals surface area (Å²) < 4.78 is 6.66. The topological polar surface area (TPSA) is 77.1 Å². The molecular formula is C13H12BrN3O3. The summed E-state index contributed by atoms with van der Waals surface area (Å²) in [7, 11) is 0. The number of carbonyl (C=O) groups excluding carboxylic acids is 1. The van der Waals surface area contributed by atoms with Gasteiger partial charge in [-0.1, -0.05) is 39.3 Å². The maximum Gasteiger partial charge on any atom is 0.442 e. The van der Waals surface area contributed by atoms with Crippen molar-refractivity contribution in [1.82, 2.24) is 15.0 Å². The predicted molar refractivity (Wildman–Crippen MR) is 77.1 cm³/mol. The van der Waals surface area contributed by atoms with Gasteiger partial charge in [-0.3, -0.25) is 9.32 Å². The summed E-state index contributed by atoms with van der Waals surface area (Å²) in [5.41, 5.74) is 0.682. The van der Waals surface area contributed by atoms with Crippen LogP contribution >= 0.6 is 15.9 Å². The zero-order valence-corrected chi connectivity index (χ0v) is 12.1. The first-order valence-electron chi connectivity index (χ1n) is 5.82. The lowest BCUT2D eigenvalue weighted by molar-refractivity contribution is -0.121. The van der Waals surface area contributed by atoms with E-state index in [2.05, 4.69) is 37.5 Å². The number of nitrogens with one attached hydrogen (secondary N) is 1. The standard InChI is InChI=1S/C13H12BrN3O3/c1-2-6-15-11(18)8-17-12(16-20-13(17)19)9-4-3-5-10(14)7-9/h2-5,7H,1,6,8H2,(H,15,18). The molecule has 0 unspecified atom stereocenters. The lowest BCUT2D eigenvalue weighted by Gasteiger charge is -2.05. The van der Waals surface area contributed by atoms with Gasteiger partial charge in [0.1, 0.15) is 6.54 Å². The fourth-order valence-electron chi connectivity index (χ4n) is 1.63. The monoisotopic (exact) mass is 337 g/mol. The van der Waals surface area contributed by atoms with Gasteiger partial charge < -0.3 is 5.32 Å². The highest BCUT2D eigenvalue weighted by atomic mass is 79.9. The number of aromatic nitrogens is 2. The molecule has 6 nitrogen and oxygen atoms in total. The molecule has 1 amide bonds. The third-order valence-electron chi connectivity index (χ3n) is 2.51. The molecule has 0 radical (unpaired) electrons. The maximum absolute atomic E-state index is 11.7. The van der Waals surface area contributed by atoms with Gasteiger partial charge in [0, 0.05) is 16.6 Å². The van der Waals surface area contributed by atoms with Crippen molar-refractivity contribution < 1.29 is 9.32 Å².